The Hall–Kier alpha value is -3.94. The van der Waals surface area contributed by atoms with Crippen LogP contribution in [-0.4, -0.2) is 54.3 Å². The predicted molar refractivity (Wildman–Crippen MR) is 125 cm³/mol. The number of hydrogen-bond donors (Lipinski definition) is 2. The second-order valence-corrected chi connectivity index (χ2v) is 7.70. The molecule has 2 aromatic rings. The van der Waals surface area contributed by atoms with Crippen LogP contribution in [0.5, 0.6) is 0 Å². The SMILES string of the molecule is CC(=O)C(NC(=O)N(C)C)(C(C)=O)[C@@H](C=Cc1ccccc1)NC(=O)OCc1ccccc1. The van der Waals surface area contributed by atoms with Gasteiger partial charge >= 0.3 is 12.1 Å². The Morgan fingerprint density at radius 2 is 1.48 bits per heavy atom. The van der Waals surface area contributed by atoms with Crippen LogP contribution in [0.3, 0.4) is 0 Å². The molecule has 0 aliphatic rings. The number of amides is 3. The average molecular weight is 452 g/mol. The second-order valence-electron chi connectivity index (χ2n) is 7.70. The molecular weight excluding hydrogens is 422 g/mol. The summed E-state index contributed by atoms with van der Waals surface area (Å²) in [6.07, 6.45) is 2.31. The standard InChI is InChI=1S/C25H29N3O5/c1-18(29)25(19(2)30,27-23(31)28(3)4)22(16-15-20-11-7-5-8-12-20)26-24(32)33-17-21-13-9-6-10-14-21/h5-16,22H,17H2,1-4H3,(H,26,32)(H,27,31)/t22-/m1/s1. The summed E-state index contributed by atoms with van der Waals surface area (Å²) in [5, 5.41) is 5.09. The van der Waals surface area contributed by atoms with E-state index in [2.05, 4.69) is 10.6 Å². The summed E-state index contributed by atoms with van der Waals surface area (Å²) < 4.78 is 5.29. The van der Waals surface area contributed by atoms with Crippen LogP contribution < -0.4 is 10.6 Å². The van der Waals surface area contributed by atoms with Gasteiger partial charge in [0, 0.05) is 14.1 Å². The summed E-state index contributed by atoms with van der Waals surface area (Å²) in [5.74, 6) is -1.26. The van der Waals surface area contributed by atoms with Crippen molar-refractivity contribution in [1.82, 2.24) is 15.5 Å². The molecule has 0 radical (unpaired) electrons. The Balaban J connectivity index is 2.39. The Kier molecular flexibility index (Phi) is 8.91. The van der Waals surface area contributed by atoms with E-state index in [1.54, 1.807) is 18.2 Å². The first kappa shape index (κ1) is 25.3. The van der Waals surface area contributed by atoms with Gasteiger partial charge in [-0.05, 0) is 25.0 Å². The van der Waals surface area contributed by atoms with Gasteiger partial charge in [0.25, 0.3) is 0 Å². The lowest BCUT2D eigenvalue weighted by Gasteiger charge is -2.36. The third-order valence-corrected chi connectivity index (χ3v) is 5.05. The molecule has 0 heterocycles. The number of alkyl carbamates (subject to hydrolysis) is 1. The molecule has 8 nitrogen and oxygen atoms in total. The van der Waals surface area contributed by atoms with Crippen molar-refractivity contribution in [2.45, 2.75) is 32.0 Å². The average Bonchev–Trinajstić information content (AvgIpc) is 2.79. The molecule has 0 aromatic heterocycles. The Labute approximate surface area is 193 Å². The molecular formula is C25H29N3O5. The van der Waals surface area contributed by atoms with Crippen LogP contribution in [0.25, 0.3) is 6.08 Å². The molecule has 0 aliphatic carbocycles. The monoisotopic (exact) mass is 451 g/mol. The van der Waals surface area contributed by atoms with Gasteiger partial charge in [-0.15, -0.1) is 0 Å². The highest BCUT2D eigenvalue weighted by Gasteiger charge is 2.49. The highest BCUT2D eigenvalue weighted by atomic mass is 16.5. The van der Waals surface area contributed by atoms with Crippen LogP contribution >= 0.6 is 0 Å². The molecule has 8 heteroatoms. The maximum Gasteiger partial charge on any atom is 0.408 e. The summed E-state index contributed by atoms with van der Waals surface area (Å²) in [5.41, 5.74) is -0.477. The van der Waals surface area contributed by atoms with E-state index in [4.69, 9.17) is 4.74 Å². The Morgan fingerprint density at radius 1 is 0.939 bits per heavy atom. The van der Waals surface area contributed by atoms with E-state index < -0.39 is 35.3 Å². The normalized spacial score (nSPS) is 12.0. The molecule has 0 aliphatic heterocycles. The summed E-state index contributed by atoms with van der Waals surface area (Å²) in [4.78, 5) is 51.9. The molecule has 0 spiro atoms. The van der Waals surface area contributed by atoms with Crippen molar-refractivity contribution >= 4 is 29.8 Å². The van der Waals surface area contributed by atoms with E-state index in [1.807, 2.05) is 48.5 Å². The molecule has 0 unspecified atom stereocenters. The van der Waals surface area contributed by atoms with E-state index in [9.17, 15) is 19.2 Å². The highest BCUT2D eigenvalue weighted by molar-refractivity contribution is 6.13. The Bertz CT molecular complexity index is 989. The largest absolute Gasteiger partial charge is 0.445 e. The lowest BCUT2D eigenvalue weighted by Crippen LogP contribution is -2.70. The number of nitrogens with one attached hydrogen (secondary N) is 2. The molecule has 2 aromatic carbocycles. The van der Waals surface area contributed by atoms with Crippen LogP contribution in [-0.2, 0) is 20.9 Å². The zero-order chi connectivity index (χ0) is 24.4. The first-order valence-corrected chi connectivity index (χ1v) is 10.4. The van der Waals surface area contributed by atoms with Gasteiger partial charge in [-0.25, -0.2) is 9.59 Å². The van der Waals surface area contributed by atoms with Crippen molar-refractivity contribution in [3.8, 4) is 0 Å². The number of Topliss-reactive ketones (excluding diaryl/α,β-unsaturated/α-hetero) is 2. The fourth-order valence-electron chi connectivity index (χ4n) is 3.18. The fourth-order valence-corrected chi connectivity index (χ4v) is 3.18. The van der Waals surface area contributed by atoms with E-state index in [1.165, 1.54) is 38.9 Å². The van der Waals surface area contributed by atoms with Gasteiger partial charge in [0.2, 0.25) is 0 Å². The lowest BCUT2D eigenvalue weighted by atomic mass is 9.81. The topological polar surface area (TPSA) is 105 Å². The number of hydrogen-bond acceptors (Lipinski definition) is 5. The van der Waals surface area contributed by atoms with Crippen LogP contribution in [0.4, 0.5) is 9.59 Å². The summed E-state index contributed by atoms with van der Waals surface area (Å²) in [6.45, 7) is 2.38. The quantitative estimate of drug-likeness (QED) is 0.570. The molecule has 174 valence electrons. The maximum atomic E-state index is 12.8. The first-order valence-electron chi connectivity index (χ1n) is 10.4. The first-order chi connectivity index (χ1) is 15.7. The van der Waals surface area contributed by atoms with E-state index >= 15 is 0 Å². The van der Waals surface area contributed by atoms with Crippen LogP contribution in [0.1, 0.15) is 25.0 Å². The fraction of sp³-hybridized carbons (Fsp3) is 0.280. The summed E-state index contributed by atoms with van der Waals surface area (Å²) in [7, 11) is 2.97. The third-order valence-electron chi connectivity index (χ3n) is 5.05. The predicted octanol–water partition coefficient (Wildman–Crippen LogP) is 3.18. The number of ether oxygens (including phenoxy) is 1. The summed E-state index contributed by atoms with van der Waals surface area (Å²) >= 11 is 0. The van der Waals surface area contributed by atoms with Gasteiger partial charge in [-0.3, -0.25) is 9.59 Å². The van der Waals surface area contributed by atoms with Crippen LogP contribution in [0, 0.1) is 0 Å². The number of carbonyl (C=O) groups excluding carboxylic acids is 4. The van der Waals surface area contributed by atoms with Gasteiger partial charge in [-0.1, -0.05) is 72.8 Å². The van der Waals surface area contributed by atoms with Crippen molar-refractivity contribution in [2.24, 2.45) is 0 Å². The van der Waals surface area contributed by atoms with Gasteiger partial charge in [0.1, 0.15) is 6.61 Å². The highest BCUT2D eigenvalue weighted by Crippen LogP contribution is 2.19. The Morgan fingerprint density at radius 3 is 2.00 bits per heavy atom. The zero-order valence-corrected chi connectivity index (χ0v) is 19.2. The molecule has 0 bridgehead atoms. The number of rotatable bonds is 9. The minimum absolute atomic E-state index is 0.000999. The minimum atomic E-state index is -2.03. The van der Waals surface area contributed by atoms with Crippen molar-refractivity contribution in [3.63, 3.8) is 0 Å². The van der Waals surface area contributed by atoms with Gasteiger partial charge < -0.3 is 20.3 Å². The molecule has 2 rings (SSSR count). The van der Waals surface area contributed by atoms with E-state index in [-0.39, 0.29) is 6.61 Å². The number of benzene rings is 2. The molecule has 3 amide bonds. The second kappa shape index (κ2) is 11.6. The molecule has 0 fully saturated rings. The lowest BCUT2D eigenvalue weighted by molar-refractivity contribution is -0.134. The molecule has 0 saturated heterocycles. The van der Waals surface area contributed by atoms with Gasteiger partial charge in [0.05, 0.1) is 6.04 Å². The molecule has 1 atom stereocenters. The van der Waals surface area contributed by atoms with Crippen molar-refractivity contribution in [3.05, 3.63) is 77.9 Å². The molecule has 33 heavy (non-hydrogen) atoms. The zero-order valence-electron chi connectivity index (χ0n) is 19.2. The minimum Gasteiger partial charge on any atom is -0.445 e. The number of urea groups is 1. The number of nitrogens with zero attached hydrogens (tertiary/aromatic N) is 1. The van der Waals surface area contributed by atoms with Crippen molar-refractivity contribution in [1.29, 1.82) is 0 Å². The molecule has 2 N–H and O–H groups in total. The maximum absolute atomic E-state index is 12.8. The van der Waals surface area contributed by atoms with Crippen molar-refractivity contribution < 1.29 is 23.9 Å². The van der Waals surface area contributed by atoms with Gasteiger partial charge in [-0.2, -0.15) is 0 Å². The van der Waals surface area contributed by atoms with Crippen LogP contribution in [0.2, 0.25) is 0 Å². The van der Waals surface area contributed by atoms with E-state index in [0.29, 0.717) is 0 Å². The third kappa shape index (κ3) is 6.77. The smallest absolute Gasteiger partial charge is 0.408 e. The number of ketones is 2. The van der Waals surface area contributed by atoms with Crippen LogP contribution in [0.15, 0.2) is 66.7 Å². The van der Waals surface area contributed by atoms with E-state index in [0.717, 1.165) is 11.1 Å². The molecule has 0 saturated carbocycles. The van der Waals surface area contributed by atoms with Gasteiger partial charge in [0.15, 0.2) is 17.1 Å². The summed E-state index contributed by atoms with van der Waals surface area (Å²) in [6, 6.07) is 16.4. The van der Waals surface area contributed by atoms with Crippen molar-refractivity contribution in [2.75, 3.05) is 14.1 Å². The number of carbonyl (C=O) groups is 4.